The van der Waals surface area contributed by atoms with E-state index in [9.17, 15) is 0 Å². The lowest BCUT2D eigenvalue weighted by Crippen LogP contribution is -2.66. The first-order chi connectivity index (χ1) is 15.0. The molecule has 0 aliphatic heterocycles. The SMILES string of the molecule is CC(C)(C)[Si](OC[C@@H]1C[C@H]1[C@H]1C[C@H]1c1ccccc1)(c1ccccc1)c1ccccc1. The Balaban J connectivity index is 1.36. The molecule has 0 saturated heterocycles. The lowest BCUT2D eigenvalue weighted by Gasteiger charge is -2.43. The van der Waals surface area contributed by atoms with Crippen molar-refractivity contribution in [2.24, 2.45) is 17.8 Å². The Kier molecular flexibility index (Phi) is 5.40. The van der Waals surface area contributed by atoms with Crippen LogP contribution in [0.1, 0.15) is 45.1 Å². The van der Waals surface area contributed by atoms with Crippen molar-refractivity contribution in [2.75, 3.05) is 6.61 Å². The van der Waals surface area contributed by atoms with Gasteiger partial charge in [0.2, 0.25) is 0 Å². The molecule has 3 aromatic rings. The predicted octanol–water partition coefficient (Wildman–Crippen LogP) is 6.00. The molecule has 0 unspecified atom stereocenters. The van der Waals surface area contributed by atoms with Crippen LogP contribution in [0.4, 0.5) is 0 Å². The second kappa shape index (κ2) is 8.07. The highest BCUT2D eigenvalue weighted by molar-refractivity contribution is 6.99. The number of rotatable bonds is 7. The van der Waals surface area contributed by atoms with Crippen LogP contribution in [0.5, 0.6) is 0 Å². The van der Waals surface area contributed by atoms with E-state index in [1.807, 2.05) is 0 Å². The van der Waals surface area contributed by atoms with Crippen molar-refractivity contribution in [3.63, 3.8) is 0 Å². The molecule has 2 aliphatic rings. The fourth-order valence-electron chi connectivity index (χ4n) is 5.75. The van der Waals surface area contributed by atoms with Gasteiger partial charge in [-0.3, -0.25) is 0 Å². The van der Waals surface area contributed by atoms with E-state index in [4.69, 9.17) is 4.43 Å². The Labute approximate surface area is 188 Å². The van der Waals surface area contributed by atoms with Gasteiger partial charge in [0.15, 0.2) is 0 Å². The summed E-state index contributed by atoms with van der Waals surface area (Å²) in [5.41, 5.74) is 1.53. The molecule has 3 aromatic carbocycles. The van der Waals surface area contributed by atoms with E-state index in [-0.39, 0.29) is 5.04 Å². The van der Waals surface area contributed by atoms with Gasteiger partial charge in [-0.05, 0) is 57.5 Å². The van der Waals surface area contributed by atoms with Crippen LogP contribution in [-0.4, -0.2) is 14.9 Å². The van der Waals surface area contributed by atoms with Crippen LogP contribution in [0.2, 0.25) is 5.04 Å². The van der Waals surface area contributed by atoms with Crippen LogP contribution in [-0.2, 0) is 4.43 Å². The van der Waals surface area contributed by atoms with Crippen molar-refractivity contribution in [1.82, 2.24) is 0 Å². The Bertz CT molecular complexity index is 954. The molecule has 2 aliphatic carbocycles. The third-order valence-electron chi connectivity index (χ3n) is 7.53. The summed E-state index contributed by atoms with van der Waals surface area (Å²) in [5, 5.41) is 2.84. The fraction of sp³-hybridized carbons (Fsp3) is 0.379. The normalized spacial score (nSPS) is 25.3. The lowest BCUT2D eigenvalue weighted by atomic mass is 10.1. The van der Waals surface area contributed by atoms with E-state index in [0.717, 1.165) is 30.3 Å². The first-order valence-corrected chi connectivity index (χ1v) is 13.7. The summed E-state index contributed by atoms with van der Waals surface area (Å²) in [5.74, 6) is 3.23. The maximum Gasteiger partial charge on any atom is 0.261 e. The van der Waals surface area contributed by atoms with Crippen LogP contribution in [0.3, 0.4) is 0 Å². The predicted molar refractivity (Wildman–Crippen MR) is 132 cm³/mol. The van der Waals surface area contributed by atoms with E-state index in [1.165, 1.54) is 28.8 Å². The van der Waals surface area contributed by atoms with Gasteiger partial charge in [0.1, 0.15) is 0 Å². The standard InChI is InChI=1S/C29H34OSi/c1-29(2,3)31(24-15-9-5-10-16-24,25-17-11-6-12-18-25)30-21-23-19-26(23)28-20-27(28)22-13-7-4-8-14-22/h4-18,23,26-28H,19-21H2,1-3H3/t23-,26+,27-,28+/m0/s1. The molecule has 5 rings (SSSR count). The van der Waals surface area contributed by atoms with E-state index in [2.05, 4.69) is 112 Å². The third kappa shape index (κ3) is 3.92. The monoisotopic (exact) mass is 426 g/mol. The van der Waals surface area contributed by atoms with E-state index in [0.29, 0.717) is 0 Å². The first-order valence-electron chi connectivity index (χ1n) is 11.8. The molecule has 160 valence electrons. The first kappa shape index (κ1) is 20.7. The highest BCUT2D eigenvalue weighted by Gasteiger charge is 2.56. The number of hydrogen-bond donors (Lipinski definition) is 0. The molecule has 0 spiro atoms. The fourth-order valence-corrected chi connectivity index (χ4v) is 10.4. The topological polar surface area (TPSA) is 9.23 Å². The molecule has 0 radical (unpaired) electrons. The van der Waals surface area contributed by atoms with Crippen molar-refractivity contribution < 1.29 is 4.43 Å². The number of benzene rings is 3. The van der Waals surface area contributed by atoms with Crippen molar-refractivity contribution >= 4 is 18.7 Å². The molecular weight excluding hydrogens is 392 g/mol. The summed E-state index contributed by atoms with van der Waals surface area (Å²) in [6.07, 6.45) is 2.70. The molecule has 1 nitrogen and oxygen atoms in total. The maximum absolute atomic E-state index is 7.18. The summed E-state index contributed by atoms with van der Waals surface area (Å²) in [4.78, 5) is 0. The molecule has 4 atom stereocenters. The summed E-state index contributed by atoms with van der Waals surface area (Å²) < 4.78 is 7.18. The molecule has 2 heteroatoms. The largest absolute Gasteiger partial charge is 0.407 e. The van der Waals surface area contributed by atoms with Crippen molar-refractivity contribution in [1.29, 1.82) is 0 Å². The zero-order valence-corrected chi connectivity index (χ0v) is 20.0. The molecule has 0 bridgehead atoms. The Morgan fingerprint density at radius 3 is 1.74 bits per heavy atom. The third-order valence-corrected chi connectivity index (χ3v) is 12.5. The average molecular weight is 427 g/mol. The van der Waals surface area contributed by atoms with Gasteiger partial charge >= 0.3 is 0 Å². The van der Waals surface area contributed by atoms with Gasteiger partial charge in [0.25, 0.3) is 8.32 Å². The smallest absolute Gasteiger partial charge is 0.261 e. The molecule has 2 saturated carbocycles. The molecule has 0 aromatic heterocycles. The summed E-state index contributed by atoms with van der Waals surface area (Å²) in [7, 11) is -2.40. The average Bonchev–Trinajstić information content (AvgIpc) is 3.70. The quantitative estimate of drug-likeness (QED) is 0.421. The molecular formula is C29H34OSi. The van der Waals surface area contributed by atoms with Crippen LogP contribution < -0.4 is 10.4 Å². The van der Waals surface area contributed by atoms with Crippen molar-refractivity contribution in [3.8, 4) is 0 Å². The highest BCUT2D eigenvalue weighted by Crippen LogP contribution is 2.62. The minimum atomic E-state index is -2.40. The minimum absolute atomic E-state index is 0.0618. The van der Waals surface area contributed by atoms with Gasteiger partial charge in [-0.25, -0.2) is 0 Å². The highest BCUT2D eigenvalue weighted by atomic mass is 28.4. The lowest BCUT2D eigenvalue weighted by molar-refractivity contribution is 0.271. The zero-order chi connectivity index (χ0) is 21.5. The van der Waals surface area contributed by atoms with Crippen LogP contribution in [0.15, 0.2) is 91.0 Å². The van der Waals surface area contributed by atoms with Gasteiger partial charge in [0, 0.05) is 6.61 Å². The van der Waals surface area contributed by atoms with E-state index < -0.39 is 8.32 Å². The Morgan fingerprint density at radius 1 is 0.710 bits per heavy atom. The number of hydrogen-bond acceptors (Lipinski definition) is 1. The van der Waals surface area contributed by atoms with Crippen LogP contribution in [0.25, 0.3) is 0 Å². The Morgan fingerprint density at radius 2 is 1.23 bits per heavy atom. The van der Waals surface area contributed by atoms with Gasteiger partial charge in [0.05, 0.1) is 0 Å². The van der Waals surface area contributed by atoms with Crippen LogP contribution in [0, 0.1) is 17.8 Å². The summed E-state index contributed by atoms with van der Waals surface area (Å²) in [6.45, 7) is 8.01. The van der Waals surface area contributed by atoms with Gasteiger partial charge in [-0.1, -0.05) is 112 Å². The van der Waals surface area contributed by atoms with Gasteiger partial charge in [-0.2, -0.15) is 0 Å². The van der Waals surface area contributed by atoms with Crippen molar-refractivity contribution in [3.05, 3.63) is 96.6 Å². The van der Waals surface area contributed by atoms with E-state index in [1.54, 1.807) is 0 Å². The molecule has 0 amide bonds. The van der Waals surface area contributed by atoms with Crippen molar-refractivity contribution in [2.45, 2.75) is 44.6 Å². The molecule has 31 heavy (non-hydrogen) atoms. The van der Waals surface area contributed by atoms with Gasteiger partial charge < -0.3 is 4.43 Å². The zero-order valence-electron chi connectivity index (χ0n) is 19.0. The summed E-state index contributed by atoms with van der Waals surface area (Å²) >= 11 is 0. The van der Waals surface area contributed by atoms with E-state index >= 15 is 0 Å². The van der Waals surface area contributed by atoms with Crippen LogP contribution >= 0.6 is 0 Å². The van der Waals surface area contributed by atoms with Gasteiger partial charge in [-0.15, -0.1) is 0 Å². The molecule has 2 fully saturated rings. The molecule has 0 N–H and O–H groups in total. The summed E-state index contributed by atoms with van der Waals surface area (Å²) in [6, 6.07) is 33.2. The maximum atomic E-state index is 7.18. The minimum Gasteiger partial charge on any atom is -0.407 e. The second-order valence-corrected chi connectivity index (χ2v) is 14.9. The second-order valence-electron chi connectivity index (χ2n) is 10.6. The Hall–Kier alpha value is -2.16. The molecule has 0 heterocycles.